The van der Waals surface area contributed by atoms with Crippen molar-refractivity contribution in [3.05, 3.63) is 34.5 Å². The van der Waals surface area contributed by atoms with Crippen molar-refractivity contribution in [1.82, 2.24) is 0 Å². The lowest BCUT2D eigenvalue weighted by Crippen LogP contribution is -2.12. The lowest BCUT2D eigenvalue weighted by Gasteiger charge is -2.16. The maximum atomic E-state index is 13.5. The SMILES string of the molecule is CCCCOc1c(-c2cc(OC)c(OC)c(OC)c2)oc2cc(OC)cc(OC)c2c1=O. The minimum Gasteiger partial charge on any atom is -0.496 e. The van der Waals surface area contributed by atoms with E-state index in [2.05, 4.69) is 0 Å². The van der Waals surface area contributed by atoms with Crippen molar-refractivity contribution >= 4 is 11.0 Å². The minimum absolute atomic E-state index is 0.0867. The molecule has 0 saturated carbocycles. The molecule has 0 fully saturated rings. The standard InChI is InChI=1S/C24H28O8/c1-7-8-9-31-24-21(25)20-16(27-3)12-15(26-2)13-17(20)32-22(24)14-10-18(28-4)23(30-6)19(11-14)29-5/h10-13H,7-9H2,1-6H3. The van der Waals surface area contributed by atoms with Gasteiger partial charge in [-0.25, -0.2) is 0 Å². The molecule has 0 unspecified atom stereocenters. The molecule has 0 N–H and O–H groups in total. The predicted molar refractivity (Wildman–Crippen MR) is 121 cm³/mol. The van der Waals surface area contributed by atoms with Crippen LogP contribution in [0.15, 0.2) is 33.5 Å². The van der Waals surface area contributed by atoms with Gasteiger partial charge in [0.2, 0.25) is 16.9 Å². The molecule has 0 radical (unpaired) electrons. The van der Waals surface area contributed by atoms with Crippen molar-refractivity contribution in [2.45, 2.75) is 19.8 Å². The van der Waals surface area contributed by atoms with E-state index in [0.717, 1.165) is 12.8 Å². The Morgan fingerprint density at radius 2 is 1.44 bits per heavy atom. The summed E-state index contributed by atoms with van der Waals surface area (Å²) >= 11 is 0. The van der Waals surface area contributed by atoms with Crippen LogP contribution in [0, 0.1) is 0 Å². The van der Waals surface area contributed by atoms with Crippen LogP contribution in [0.2, 0.25) is 0 Å². The van der Waals surface area contributed by atoms with Gasteiger partial charge in [0.05, 0.1) is 42.2 Å². The zero-order chi connectivity index (χ0) is 23.3. The summed E-state index contributed by atoms with van der Waals surface area (Å²) in [6.45, 7) is 2.41. The van der Waals surface area contributed by atoms with Crippen LogP contribution in [0.3, 0.4) is 0 Å². The van der Waals surface area contributed by atoms with Gasteiger partial charge in [0.25, 0.3) is 0 Å². The first-order valence-electron chi connectivity index (χ1n) is 10.2. The van der Waals surface area contributed by atoms with E-state index in [9.17, 15) is 4.79 Å². The highest BCUT2D eigenvalue weighted by Gasteiger charge is 2.24. The van der Waals surface area contributed by atoms with E-state index in [1.54, 1.807) is 24.3 Å². The average molecular weight is 444 g/mol. The Kier molecular flexibility index (Phi) is 7.35. The quantitative estimate of drug-likeness (QED) is 0.417. The van der Waals surface area contributed by atoms with Gasteiger partial charge in [-0.05, 0) is 18.6 Å². The third kappa shape index (κ3) is 4.26. The summed E-state index contributed by atoms with van der Waals surface area (Å²) in [6.07, 6.45) is 1.70. The van der Waals surface area contributed by atoms with Gasteiger partial charge in [-0.1, -0.05) is 13.3 Å². The monoisotopic (exact) mass is 444 g/mol. The van der Waals surface area contributed by atoms with Crippen molar-refractivity contribution in [3.8, 4) is 45.8 Å². The summed E-state index contributed by atoms with van der Waals surface area (Å²) in [5.74, 6) is 2.44. The number of benzene rings is 2. The Labute approximate surface area is 186 Å². The van der Waals surface area contributed by atoms with Crippen LogP contribution in [0.5, 0.6) is 34.5 Å². The highest BCUT2D eigenvalue weighted by atomic mass is 16.5. The maximum absolute atomic E-state index is 13.5. The van der Waals surface area contributed by atoms with Crippen LogP contribution >= 0.6 is 0 Å². The fraction of sp³-hybridized carbons (Fsp3) is 0.375. The summed E-state index contributed by atoms with van der Waals surface area (Å²) in [5, 5.41) is 0.274. The van der Waals surface area contributed by atoms with Gasteiger partial charge in [0.15, 0.2) is 17.3 Å². The van der Waals surface area contributed by atoms with Gasteiger partial charge >= 0.3 is 0 Å². The van der Waals surface area contributed by atoms with E-state index in [1.807, 2.05) is 6.92 Å². The molecule has 0 amide bonds. The van der Waals surface area contributed by atoms with Gasteiger partial charge in [-0.15, -0.1) is 0 Å². The van der Waals surface area contributed by atoms with E-state index in [0.29, 0.717) is 46.5 Å². The number of unbranched alkanes of at least 4 members (excludes halogenated alkanes) is 1. The van der Waals surface area contributed by atoms with Gasteiger partial charge in [-0.3, -0.25) is 4.79 Å². The molecule has 0 spiro atoms. The zero-order valence-corrected chi connectivity index (χ0v) is 19.2. The molecule has 8 nitrogen and oxygen atoms in total. The molecule has 0 atom stereocenters. The van der Waals surface area contributed by atoms with Crippen molar-refractivity contribution in [2.24, 2.45) is 0 Å². The number of hydrogen-bond donors (Lipinski definition) is 0. The molecule has 32 heavy (non-hydrogen) atoms. The van der Waals surface area contributed by atoms with E-state index in [-0.39, 0.29) is 22.3 Å². The van der Waals surface area contributed by atoms with Crippen molar-refractivity contribution in [2.75, 3.05) is 42.2 Å². The molecule has 2 aromatic carbocycles. The molecule has 3 rings (SSSR count). The molecular formula is C24H28O8. The lowest BCUT2D eigenvalue weighted by atomic mass is 10.1. The Morgan fingerprint density at radius 3 is 1.97 bits per heavy atom. The van der Waals surface area contributed by atoms with E-state index >= 15 is 0 Å². The minimum atomic E-state index is -0.342. The second-order valence-corrected chi connectivity index (χ2v) is 6.91. The zero-order valence-electron chi connectivity index (χ0n) is 19.2. The van der Waals surface area contributed by atoms with Crippen molar-refractivity contribution < 1.29 is 32.8 Å². The van der Waals surface area contributed by atoms with Gasteiger partial charge in [0.1, 0.15) is 22.5 Å². The molecule has 1 aromatic heterocycles. The molecular weight excluding hydrogens is 416 g/mol. The Balaban J connectivity index is 2.36. The molecule has 0 aliphatic carbocycles. The van der Waals surface area contributed by atoms with E-state index in [1.165, 1.54) is 35.5 Å². The fourth-order valence-electron chi connectivity index (χ4n) is 3.37. The van der Waals surface area contributed by atoms with E-state index in [4.69, 9.17) is 32.8 Å². The Morgan fingerprint density at radius 1 is 0.781 bits per heavy atom. The summed E-state index contributed by atoms with van der Waals surface area (Å²) in [6, 6.07) is 6.68. The largest absolute Gasteiger partial charge is 0.496 e. The Bertz CT molecular complexity index is 1120. The van der Waals surface area contributed by atoms with E-state index < -0.39 is 0 Å². The number of methoxy groups -OCH3 is 5. The van der Waals surface area contributed by atoms with Crippen LogP contribution < -0.4 is 33.8 Å². The van der Waals surface area contributed by atoms with Crippen LogP contribution in [0.4, 0.5) is 0 Å². The first-order valence-corrected chi connectivity index (χ1v) is 10.2. The predicted octanol–water partition coefficient (Wildman–Crippen LogP) is 4.68. The number of rotatable bonds is 10. The molecule has 1 heterocycles. The van der Waals surface area contributed by atoms with Gasteiger partial charge in [-0.2, -0.15) is 0 Å². The first-order chi connectivity index (χ1) is 15.5. The second kappa shape index (κ2) is 10.2. The van der Waals surface area contributed by atoms with Gasteiger partial charge in [0, 0.05) is 17.7 Å². The summed E-state index contributed by atoms with van der Waals surface area (Å²) < 4.78 is 39.2. The number of hydrogen-bond acceptors (Lipinski definition) is 8. The second-order valence-electron chi connectivity index (χ2n) is 6.91. The maximum Gasteiger partial charge on any atom is 0.239 e. The van der Waals surface area contributed by atoms with Crippen LogP contribution in [0.25, 0.3) is 22.3 Å². The fourth-order valence-corrected chi connectivity index (χ4v) is 3.37. The third-order valence-corrected chi connectivity index (χ3v) is 5.02. The highest BCUT2D eigenvalue weighted by Crippen LogP contribution is 2.44. The highest BCUT2D eigenvalue weighted by molar-refractivity contribution is 5.89. The molecule has 0 aliphatic rings. The molecule has 0 bridgehead atoms. The first kappa shape index (κ1) is 23.1. The lowest BCUT2D eigenvalue weighted by molar-refractivity contribution is 0.300. The normalized spacial score (nSPS) is 10.7. The summed E-state index contributed by atoms with van der Waals surface area (Å²) in [4.78, 5) is 13.5. The van der Waals surface area contributed by atoms with Crippen LogP contribution in [-0.2, 0) is 0 Å². The molecule has 8 heteroatoms. The average Bonchev–Trinajstić information content (AvgIpc) is 2.83. The Hall–Kier alpha value is -3.55. The van der Waals surface area contributed by atoms with Gasteiger partial charge < -0.3 is 32.8 Å². The molecule has 3 aromatic rings. The summed E-state index contributed by atoms with van der Waals surface area (Å²) in [7, 11) is 7.57. The van der Waals surface area contributed by atoms with Crippen molar-refractivity contribution in [3.63, 3.8) is 0 Å². The summed E-state index contributed by atoms with van der Waals surface area (Å²) in [5.41, 5.74) is 0.496. The molecule has 0 aliphatic heterocycles. The number of ether oxygens (including phenoxy) is 6. The number of fused-ring (bicyclic) bond motifs is 1. The molecule has 0 saturated heterocycles. The molecule has 172 valence electrons. The third-order valence-electron chi connectivity index (χ3n) is 5.02. The van der Waals surface area contributed by atoms with Crippen LogP contribution in [0.1, 0.15) is 19.8 Å². The van der Waals surface area contributed by atoms with Crippen LogP contribution in [-0.4, -0.2) is 42.2 Å². The smallest absolute Gasteiger partial charge is 0.239 e. The van der Waals surface area contributed by atoms with Crippen molar-refractivity contribution in [1.29, 1.82) is 0 Å². The topological polar surface area (TPSA) is 85.6 Å².